The lowest BCUT2D eigenvalue weighted by Gasteiger charge is -2.35. The molecule has 0 spiro atoms. The molecule has 1 N–H and O–H groups in total. The quantitative estimate of drug-likeness (QED) is 0.791. The summed E-state index contributed by atoms with van der Waals surface area (Å²) in [6.07, 6.45) is 4.28. The fourth-order valence-electron chi connectivity index (χ4n) is 3.16. The van der Waals surface area contributed by atoms with Crippen LogP contribution in [0, 0.1) is 0 Å². The Bertz CT molecular complexity index is 356. The van der Waals surface area contributed by atoms with Crippen LogP contribution in [0.1, 0.15) is 38.5 Å². The molecule has 0 bridgehead atoms. The Kier molecular flexibility index (Phi) is 6.45. The first-order valence-electron chi connectivity index (χ1n) is 7.98. The molecule has 1 unspecified atom stereocenters. The Hall–Kier alpha value is -1.14. The van der Waals surface area contributed by atoms with Crippen molar-refractivity contribution in [1.82, 2.24) is 9.80 Å². The zero-order valence-electron chi connectivity index (χ0n) is 12.6. The molecule has 21 heavy (non-hydrogen) atoms. The molecule has 0 aromatic heterocycles. The molecule has 2 fully saturated rings. The molecule has 0 aromatic carbocycles. The summed E-state index contributed by atoms with van der Waals surface area (Å²) in [7, 11) is 0. The summed E-state index contributed by atoms with van der Waals surface area (Å²) in [5.74, 6) is -0.692. The van der Waals surface area contributed by atoms with Crippen molar-refractivity contribution in [3.63, 3.8) is 0 Å². The number of aliphatic carboxylic acids is 1. The fourth-order valence-corrected chi connectivity index (χ4v) is 3.16. The van der Waals surface area contributed by atoms with E-state index in [4.69, 9.17) is 9.84 Å². The minimum atomic E-state index is -0.812. The van der Waals surface area contributed by atoms with Gasteiger partial charge in [0.05, 0.1) is 19.6 Å². The Labute approximate surface area is 126 Å². The smallest absolute Gasteiger partial charge is 0.305 e. The summed E-state index contributed by atoms with van der Waals surface area (Å²) >= 11 is 0. The first-order chi connectivity index (χ1) is 10.2. The summed E-state index contributed by atoms with van der Waals surface area (Å²) in [6.45, 7) is 5.08. The average Bonchev–Trinajstić information content (AvgIpc) is 2.48. The molecule has 2 saturated heterocycles. The van der Waals surface area contributed by atoms with Crippen molar-refractivity contribution in [3.8, 4) is 0 Å². The number of hydrogen-bond acceptors (Lipinski definition) is 4. The molecule has 2 heterocycles. The van der Waals surface area contributed by atoms with Crippen LogP contribution in [0.25, 0.3) is 0 Å². The number of morpholine rings is 1. The molecule has 0 aromatic rings. The summed E-state index contributed by atoms with van der Waals surface area (Å²) in [5, 5.41) is 8.96. The maximum Gasteiger partial charge on any atom is 0.305 e. The van der Waals surface area contributed by atoms with E-state index >= 15 is 0 Å². The van der Waals surface area contributed by atoms with Crippen LogP contribution in [0.2, 0.25) is 0 Å². The topological polar surface area (TPSA) is 70.1 Å². The molecule has 6 nitrogen and oxygen atoms in total. The minimum Gasteiger partial charge on any atom is -0.481 e. The van der Waals surface area contributed by atoms with Gasteiger partial charge >= 0.3 is 5.97 Å². The van der Waals surface area contributed by atoms with Crippen molar-refractivity contribution >= 4 is 11.9 Å². The van der Waals surface area contributed by atoms with Crippen LogP contribution in [-0.2, 0) is 14.3 Å². The fraction of sp³-hybridized carbons (Fsp3) is 0.867. The molecule has 120 valence electrons. The highest BCUT2D eigenvalue weighted by Gasteiger charge is 2.28. The van der Waals surface area contributed by atoms with Crippen LogP contribution in [0.15, 0.2) is 0 Å². The monoisotopic (exact) mass is 298 g/mol. The number of hydrogen-bond donors (Lipinski definition) is 1. The molecule has 1 atom stereocenters. The number of nitrogens with zero attached hydrogens (tertiary/aromatic N) is 2. The van der Waals surface area contributed by atoms with E-state index in [1.54, 1.807) is 4.90 Å². The predicted octanol–water partition coefficient (Wildman–Crippen LogP) is 0.955. The van der Waals surface area contributed by atoms with Crippen LogP contribution in [-0.4, -0.2) is 72.2 Å². The first-order valence-corrected chi connectivity index (χ1v) is 7.98. The van der Waals surface area contributed by atoms with E-state index in [0.29, 0.717) is 13.0 Å². The normalized spacial score (nSPS) is 24.0. The Morgan fingerprint density at radius 3 is 2.62 bits per heavy atom. The van der Waals surface area contributed by atoms with Gasteiger partial charge in [-0.25, -0.2) is 0 Å². The number of amides is 1. The molecule has 0 aliphatic carbocycles. The van der Waals surface area contributed by atoms with Gasteiger partial charge in [-0.15, -0.1) is 0 Å². The van der Waals surface area contributed by atoms with Crippen molar-refractivity contribution < 1.29 is 19.4 Å². The zero-order chi connectivity index (χ0) is 15.1. The number of carboxylic acids is 1. The summed E-state index contributed by atoms with van der Waals surface area (Å²) < 4.78 is 5.30. The third-order valence-electron chi connectivity index (χ3n) is 4.33. The second-order valence-electron chi connectivity index (χ2n) is 5.89. The molecule has 2 aliphatic heterocycles. The Morgan fingerprint density at radius 1 is 1.14 bits per heavy atom. The molecule has 2 aliphatic rings. The van der Waals surface area contributed by atoms with Crippen molar-refractivity contribution in [2.75, 3.05) is 39.4 Å². The molecule has 2 rings (SSSR count). The van der Waals surface area contributed by atoms with Gasteiger partial charge in [0, 0.05) is 32.1 Å². The molecule has 6 heteroatoms. The van der Waals surface area contributed by atoms with Crippen LogP contribution < -0.4 is 0 Å². The second-order valence-corrected chi connectivity index (χ2v) is 5.89. The third kappa shape index (κ3) is 5.28. The van der Waals surface area contributed by atoms with E-state index in [1.165, 1.54) is 0 Å². The minimum absolute atomic E-state index is 0.0786. The Balaban J connectivity index is 1.73. The van der Waals surface area contributed by atoms with E-state index in [0.717, 1.165) is 58.5 Å². The number of carbonyl (C=O) groups is 2. The van der Waals surface area contributed by atoms with Crippen LogP contribution in [0.3, 0.4) is 0 Å². The zero-order valence-corrected chi connectivity index (χ0v) is 12.6. The van der Waals surface area contributed by atoms with E-state index in [1.807, 2.05) is 0 Å². The van der Waals surface area contributed by atoms with Gasteiger partial charge in [-0.3, -0.25) is 14.5 Å². The largest absolute Gasteiger partial charge is 0.481 e. The van der Waals surface area contributed by atoms with Crippen molar-refractivity contribution in [1.29, 1.82) is 0 Å². The highest BCUT2D eigenvalue weighted by atomic mass is 16.5. The number of piperidine rings is 1. The van der Waals surface area contributed by atoms with Gasteiger partial charge in [-0.05, 0) is 32.2 Å². The van der Waals surface area contributed by atoms with Gasteiger partial charge in [0.1, 0.15) is 0 Å². The van der Waals surface area contributed by atoms with Crippen LogP contribution in [0.5, 0.6) is 0 Å². The molecular formula is C15H26N2O4. The average molecular weight is 298 g/mol. The molecule has 0 saturated carbocycles. The molecule has 1 amide bonds. The van der Waals surface area contributed by atoms with Crippen LogP contribution >= 0.6 is 0 Å². The number of ether oxygens (including phenoxy) is 1. The van der Waals surface area contributed by atoms with Crippen molar-refractivity contribution in [2.24, 2.45) is 0 Å². The van der Waals surface area contributed by atoms with Crippen LogP contribution in [0.4, 0.5) is 0 Å². The third-order valence-corrected chi connectivity index (χ3v) is 4.33. The first kappa shape index (κ1) is 16.2. The Morgan fingerprint density at radius 2 is 1.90 bits per heavy atom. The predicted molar refractivity (Wildman–Crippen MR) is 78.1 cm³/mol. The number of likely N-dealkylation sites (tertiary alicyclic amines) is 1. The van der Waals surface area contributed by atoms with Gasteiger partial charge in [0.15, 0.2) is 0 Å². The standard InChI is InChI=1S/C15H26N2O4/c18-14(5-3-6-16-8-10-21-11-9-16)17-7-2-1-4-13(17)12-15(19)20/h13H,1-12H2,(H,19,20). The van der Waals surface area contributed by atoms with Gasteiger partial charge < -0.3 is 14.7 Å². The molecule has 0 radical (unpaired) electrons. The van der Waals surface area contributed by atoms with Crippen molar-refractivity contribution in [3.05, 3.63) is 0 Å². The highest BCUT2D eigenvalue weighted by molar-refractivity contribution is 5.77. The number of carboxylic acid groups (broad SMARTS) is 1. The maximum atomic E-state index is 12.3. The summed E-state index contributed by atoms with van der Waals surface area (Å²) in [6, 6.07) is -0.105. The van der Waals surface area contributed by atoms with Gasteiger partial charge in [-0.1, -0.05) is 0 Å². The number of rotatable bonds is 6. The van der Waals surface area contributed by atoms with E-state index in [9.17, 15) is 9.59 Å². The maximum absolute atomic E-state index is 12.3. The molecular weight excluding hydrogens is 272 g/mol. The second kappa shape index (κ2) is 8.34. The van der Waals surface area contributed by atoms with Crippen molar-refractivity contribution in [2.45, 2.75) is 44.6 Å². The summed E-state index contributed by atoms with van der Waals surface area (Å²) in [5.41, 5.74) is 0. The van der Waals surface area contributed by atoms with Gasteiger partial charge in [-0.2, -0.15) is 0 Å². The SMILES string of the molecule is O=C(O)CC1CCCCN1C(=O)CCCN1CCOCC1. The highest BCUT2D eigenvalue weighted by Crippen LogP contribution is 2.21. The summed E-state index contributed by atoms with van der Waals surface area (Å²) in [4.78, 5) is 27.3. The van der Waals surface area contributed by atoms with E-state index < -0.39 is 5.97 Å². The van der Waals surface area contributed by atoms with E-state index in [2.05, 4.69) is 4.90 Å². The van der Waals surface area contributed by atoms with Gasteiger partial charge in [0.25, 0.3) is 0 Å². The van der Waals surface area contributed by atoms with E-state index in [-0.39, 0.29) is 18.4 Å². The lowest BCUT2D eigenvalue weighted by atomic mass is 9.98. The number of carbonyl (C=O) groups excluding carboxylic acids is 1. The van der Waals surface area contributed by atoms with Gasteiger partial charge in [0.2, 0.25) is 5.91 Å². The lowest BCUT2D eigenvalue weighted by molar-refractivity contribution is -0.142. The lowest BCUT2D eigenvalue weighted by Crippen LogP contribution is -2.45.